The van der Waals surface area contributed by atoms with Gasteiger partial charge in [0.15, 0.2) is 6.10 Å². The van der Waals surface area contributed by atoms with E-state index in [0.29, 0.717) is 12.1 Å². The minimum absolute atomic E-state index is 0.0661. The molecule has 1 amide bonds. The van der Waals surface area contributed by atoms with Gasteiger partial charge in [-0.2, -0.15) is 5.10 Å². The quantitative estimate of drug-likeness (QED) is 0.349. The van der Waals surface area contributed by atoms with Crippen LogP contribution in [0.25, 0.3) is 11.1 Å². The summed E-state index contributed by atoms with van der Waals surface area (Å²) in [6.07, 6.45) is -1.45. The standard InChI is InChI=1S/C24H27N3O5/c1-24(2,32)21-14-19(26-27-21)22(29)25-18(13-20(28)23(30)31)12-15-8-10-17(11-9-15)16-6-4-3-5-7-16/h3-11,14,18,20,28,32H,12-13H2,1-2H3,(H,25,29)(H,26,27)(H,30,31). The number of aromatic nitrogens is 2. The number of H-pyrrole nitrogens is 1. The Kier molecular flexibility index (Phi) is 7.07. The highest BCUT2D eigenvalue weighted by Gasteiger charge is 2.25. The number of aromatic amines is 1. The Balaban J connectivity index is 1.74. The summed E-state index contributed by atoms with van der Waals surface area (Å²) >= 11 is 0. The number of nitrogens with one attached hydrogen (secondary N) is 2. The minimum Gasteiger partial charge on any atom is -0.479 e. The van der Waals surface area contributed by atoms with Crippen LogP contribution in [0.5, 0.6) is 0 Å². The maximum Gasteiger partial charge on any atom is 0.332 e. The lowest BCUT2D eigenvalue weighted by Crippen LogP contribution is -2.40. The van der Waals surface area contributed by atoms with Gasteiger partial charge in [-0.3, -0.25) is 9.89 Å². The van der Waals surface area contributed by atoms with Crippen molar-refractivity contribution in [3.8, 4) is 11.1 Å². The number of carbonyl (C=O) groups is 2. The maximum atomic E-state index is 12.7. The van der Waals surface area contributed by atoms with Crippen LogP contribution in [0.4, 0.5) is 0 Å². The third kappa shape index (κ3) is 6.03. The molecule has 1 heterocycles. The van der Waals surface area contributed by atoms with Gasteiger partial charge in [-0.1, -0.05) is 54.6 Å². The molecule has 8 nitrogen and oxygen atoms in total. The van der Waals surface area contributed by atoms with Crippen LogP contribution in [0.1, 0.15) is 42.0 Å². The average Bonchev–Trinajstić information content (AvgIpc) is 3.26. The van der Waals surface area contributed by atoms with Crippen molar-refractivity contribution in [2.45, 2.75) is 44.4 Å². The minimum atomic E-state index is -1.62. The molecule has 0 bridgehead atoms. The van der Waals surface area contributed by atoms with E-state index in [1.54, 1.807) is 13.8 Å². The van der Waals surface area contributed by atoms with Gasteiger partial charge >= 0.3 is 5.97 Å². The summed E-state index contributed by atoms with van der Waals surface area (Å²) in [5, 5.41) is 38.3. The summed E-state index contributed by atoms with van der Waals surface area (Å²) in [6.45, 7) is 3.13. The monoisotopic (exact) mass is 437 g/mol. The molecule has 0 aliphatic heterocycles. The highest BCUT2D eigenvalue weighted by atomic mass is 16.4. The second-order valence-electron chi connectivity index (χ2n) is 8.25. The average molecular weight is 437 g/mol. The van der Waals surface area contributed by atoms with Gasteiger partial charge in [0.25, 0.3) is 5.91 Å². The Morgan fingerprint density at radius 3 is 2.25 bits per heavy atom. The Hall–Kier alpha value is -3.49. The van der Waals surface area contributed by atoms with Gasteiger partial charge in [0.1, 0.15) is 11.3 Å². The first-order valence-corrected chi connectivity index (χ1v) is 10.3. The van der Waals surface area contributed by atoms with Gasteiger partial charge in [0.05, 0.1) is 5.69 Å². The smallest absolute Gasteiger partial charge is 0.332 e. The predicted molar refractivity (Wildman–Crippen MR) is 119 cm³/mol. The van der Waals surface area contributed by atoms with Crippen LogP contribution in [0.2, 0.25) is 0 Å². The predicted octanol–water partition coefficient (Wildman–Crippen LogP) is 2.48. The molecule has 168 valence electrons. The van der Waals surface area contributed by atoms with Crippen LogP contribution in [0, 0.1) is 0 Å². The van der Waals surface area contributed by atoms with E-state index in [-0.39, 0.29) is 12.1 Å². The van der Waals surface area contributed by atoms with Crippen LogP contribution >= 0.6 is 0 Å². The number of rotatable bonds is 9. The zero-order valence-corrected chi connectivity index (χ0v) is 17.9. The van der Waals surface area contributed by atoms with Gasteiger partial charge in [0, 0.05) is 12.5 Å². The zero-order valence-electron chi connectivity index (χ0n) is 17.9. The second kappa shape index (κ2) is 9.76. The number of benzene rings is 2. The fourth-order valence-electron chi connectivity index (χ4n) is 3.32. The number of carbonyl (C=O) groups excluding carboxylic acids is 1. The molecule has 0 saturated heterocycles. The van der Waals surface area contributed by atoms with Crippen LogP contribution in [-0.2, 0) is 16.8 Å². The molecule has 3 rings (SSSR count). The van der Waals surface area contributed by atoms with Crippen molar-refractivity contribution < 1.29 is 24.9 Å². The number of hydrogen-bond acceptors (Lipinski definition) is 5. The fourth-order valence-corrected chi connectivity index (χ4v) is 3.32. The summed E-state index contributed by atoms with van der Waals surface area (Å²) in [5.41, 5.74) is 2.25. The van der Waals surface area contributed by atoms with Gasteiger partial charge < -0.3 is 20.6 Å². The number of carboxylic acid groups (broad SMARTS) is 1. The summed E-state index contributed by atoms with van der Waals surface area (Å²) in [7, 11) is 0. The van der Waals surface area contributed by atoms with E-state index in [1.165, 1.54) is 6.07 Å². The summed E-state index contributed by atoms with van der Waals surface area (Å²) in [5.74, 6) is -1.88. The normalized spacial score (nSPS) is 13.4. The van der Waals surface area contributed by atoms with Crippen molar-refractivity contribution in [3.05, 3.63) is 77.6 Å². The SMILES string of the molecule is CC(C)(O)c1cc(C(=O)NC(Cc2ccc(-c3ccccc3)cc2)CC(O)C(=O)O)n[nH]1. The Bertz CT molecular complexity index is 1060. The van der Waals surface area contributed by atoms with Crippen molar-refractivity contribution in [2.75, 3.05) is 0 Å². The summed E-state index contributed by atoms with van der Waals surface area (Å²) in [6, 6.07) is 18.4. The molecule has 8 heteroatoms. The first-order valence-electron chi connectivity index (χ1n) is 10.3. The zero-order chi connectivity index (χ0) is 23.3. The van der Waals surface area contributed by atoms with E-state index in [0.717, 1.165) is 16.7 Å². The lowest BCUT2D eigenvalue weighted by molar-refractivity contribution is -0.147. The van der Waals surface area contributed by atoms with Gasteiger partial charge in [0.2, 0.25) is 0 Å². The Morgan fingerprint density at radius 2 is 1.69 bits per heavy atom. The van der Waals surface area contributed by atoms with Crippen molar-refractivity contribution in [1.82, 2.24) is 15.5 Å². The topological polar surface area (TPSA) is 136 Å². The molecule has 5 N–H and O–H groups in total. The van der Waals surface area contributed by atoms with Gasteiger partial charge in [-0.15, -0.1) is 0 Å². The first-order chi connectivity index (χ1) is 15.1. The second-order valence-corrected chi connectivity index (χ2v) is 8.25. The molecular formula is C24H27N3O5. The van der Waals surface area contributed by atoms with E-state index in [9.17, 15) is 19.8 Å². The lowest BCUT2D eigenvalue weighted by Gasteiger charge is -2.20. The Labute approximate surface area is 185 Å². The van der Waals surface area contributed by atoms with E-state index in [1.807, 2.05) is 54.6 Å². The summed E-state index contributed by atoms with van der Waals surface area (Å²) < 4.78 is 0. The Morgan fingerprint density at radius 1 is 1.06 bits per heavy atom. The van der Waals surface area contributed by atoms with E-state index in [4.69, 9.17) is 5.11 Å². The lowest BCUT2D eigenvalue weighted by atomic mass is 9.97. The molecule has 32 heavy (non-hydrogen) atoms. The van der Waals surface area contributed by atoms with Crippen molar-refractivity contribution in [2.24, 2.45) is 0 Å². The molecule has 0 aliphatic carbocycles. The number of aliphatic carboxylic acids is 1. The number of amides is 1. The highest BCUT2D eigenvalue weighted by molar-refractivity contribution is 5.92. The van der Waals surface area contributed by atoms with E-state index >= 15 is 0 Å². The summed E-state index contributed by atoms with van der Waals surface area (Å²) in [4.78, 5) is 23.8. The van der Waals surface area contributed by atoms with Crippen molar-refractivity contribution >= 4 is 11.9 Å². The number of carboxylic acids is 1. The third-order valence-electron chi connectivity index (χ3n) is 5.14. The van der Waals surface area contributed by atoms with Crippen molar-refractivity contribution in [3.63, 3.8) is 0 Å². The molecule has 0 aliphatic rings. The molecule has 2 aromatic carbocycles. The molecule has 0 saturated carbocycles. The fraction of sp³-hybridized carbons (Fsp3) is 0.292. The molecule has 1 aromatic heterocycles. The van der Waals surface area contributed by atoms with Gasteiger partial charge in [-0.05, 0) is 43.0 Å². The third-order valence-corrected chi connectivity index (χ3v) is 5.14. The molecule has 2 atom stereocenters. The molecule has 0 radical (unpaired) electrons. The van der Waals surface area contributed by atoms with E-state index in [2.05, 4.69) is 15.5 Å². The number of aliphatic hydroxyl groups excluding tert-OH is 1. The van der Waals surface area contributed by atoms with Crippen molar-refractivity contribution in [1.29, 1.82) is 0 Å². The maximum absolute atomic E-state index is 12.7. The molecule has 3 aromatic rings. The van der Waals surface area contributed by atoms with Crippen LogP contribution in [0.3, 0.4) is 0 Å². The largest absolute Gasteiger partial charge is 0.479 e. The number of hydrogen-bond donors (Lipinski definition) is 5. The molecule has 0 fully saturated rings. The molecule has 0 spiro atoms. The molecular weight excluding hydrogens is 410 g/mol. The van der Waals surface area contributed by atoms with Crippen LogP contribution in [0.15, 0.2) is 60.7 Å². The number of nitrogens with zero attached hydrogens (tertiary/aromatic N) is 1. The first kappa shape index (κ1) is 23.2. The highest BCUT2D eigenvalue weighted by Crippen LogP contribution is 2.21. The van der Waals surface area contributed by atoms with Crippen LogP contribution in [-0.4, -0.2) is 49.5 Å². The van der Waals surface area contributed by atoms with E-state index < -0.39 is 29.6 Å². The number of aliphatic hydroxyl groups is 2. The van der Waals surface area contributed by atoms with Crippen LogP contribution < -0.4 is 5.32 Å². The molecule has 2 unspecified atom stereocenters. The van der Waals surface area contributed by atoms with Gasteiger partial charge in [-0.25, -0.2) is 4.79 Å².